The Morgan fingerprint density at radius 1 is 1.22 bits per heavy atom. The normalized spacial score (nSPS) is 10.9. The van der Waals surface area contributed by atoms with Gasteiger partial charge in [0.2, 0.25) is 0 Å². The molecule has 1 N–H and O–H groups in total. The number of benzene rings is 1. The van der Waals surface area contributed by atoms with E-state index in [1.54, 1.807) is 49.4 Å². The van der Waals surface area contributed by atoms with Crippen molar-refractivity contribution in [3.63, 3.8) is 0 Å². The van der Waals surface area contributed by atoms with Crippen LogP contribution in [0.3, 0.4) is 0 Å². The van der Waals surface area contributed by atoms with Gasteiger partial charge in [-0.2, -0.15) is 0 Å². The molecular weight excluding hydrogens is 350 g/mol. The van der Waals surface area contributed by atoms with Gasteiger partial charge in [-0.1, -0.05) is 0 Å². The van der Waals surface area contributed by atoms with Crippen molar-refractivity contribution in [3.05, 3.63) is 82.4 Å². The quantitative estimate of drug-likeness (QED) is 0.584. The van der Waals surface area contributed by atoms with Gasteiger partial charge in [-0.3, -0.25) is 9.59 Å². The molecule has 0 spiro atoms. The number of nitrogens with one attached hydrogen (secondary N) is 1. The molecule has 1 amide bonds. The fourth-order valence-electron chi connectivity index (χ4n) is 2.54. The summed E-state index contributed by atoms with van der Waals surface area (Å²) in [6.07, 6.45) is 1.44. The summed E-state index contributed by atoms with van der Waals surface area (Å²) in [5.41, 5.74) is 1.24. The van der Waals surface area contributed by atoms with E-state index in [0.29, 0.717) is 28.5 Å². The van der Waals surface area contributed by atoms with Gasteiger partial charge in [-0.05, 0) is 43.3 Å². The van der Waals surface area contributed by atoms with Gasteiger partial charge >= 0.3 is 0 Å². The average molecular weight is 365 g/mol. The van der Waals surface area contributed by atoms with Crippen molar-refractivity contribution >= 4 is 17.2 Å². The van der Waals surface area contributed by atoms with E-state index in [9.17, 15) is 9.59 Å². The molecule has 0 aliphatic rings. The van der Waals surface area contributed by atoms with Crippen LogP contribution in [-0.2, 0) is 6.61 Å². The minimum absolute atomic E-state index is 0.133. The third kappa shape index (κ3) is 3.59. The molecular formula is C19H15N3O5. The maximum absolute atomic E-state index is 12.0. The fourth-order valence-corrected chi connectivity index (χ4v) is 2.54. The second kappa shape index (κ2) is 6.83. The summed E-state index contributed by atoms with van der Waals surface area (Å²) < 4.78 is 17.1. The van der Waals surface area contributed by atoms with E-state index in [-0.39, 0.29) is 23.8 Å². The molecule has 8 heteroatoms. The van der Waals surface area contributed by atoms with Crippen molar-refractivity contribution in [1.29, 1.82) is 0 Å². The van der Waals surface area contributed by atoms with Crippen LogP contribution in [-0.4, -0.2) is 15.5 Å². The molecule has 27 heavy (non-hydrogen) atoms. The summed E-state index contributed by atoms with van der Waals surface area (Å²) in [5.74, 6) is 1.08. The molecule has 0 aliphatic heterocycles. The van der Waals surface area contributed by atoms with E-state index in [1.165, 1.54) is 12.3 Å². The number of amides is 1. The third-order valence-electron chi connectivity index (χ3n) is 3.77. The third-order valence-corrected chi connectivity index (χ3v) is 3.77. The van der Waals surface area contributed by atoms with Crippen LogP contribution < -0.4 is 15.6 Å². The number of aromatic nitrogens is 2. The minimum atomic E-state index is -0.331. The van der Waals surface area contributed by atoms with Gasteiger partial charge in [0.25, 0.3) is 11.5 Å². The number of carbonyl (C=O) groups excluding carboxylic acids is 1. The summed E-state index contributed by atoms with van der Waals surface area (Å²) in [5, 5.41) is 2.72. The van der Waals surface area contributed by atoms with Gasteiger partial charge in [-0.25, -0.2) is 4.98 Å². The highest BCUT2D eigenvalue weighted by molar-refractivity contribution is 6.02. The summed E-state index contributed by atoms with van der Waals surface area (Å²) >= 11 is 0. The molecule has 0 fully saturated rings. The van der Waals surface area contributed by atoms with Crippen LogP contribution in [0.25, 0.3) is 5.65 Å². The lowest BCUT2D eigenvalue weighted by Gasteiger charge is -2.07. The van der Waals surface area contributed by atoms with Gasteiger partial charge in [0.1, 0.15) is 18.1 Å². The minimum Gasteiger partial charge on any atom is -0.487 e. The van der Waals surface area contributed by atoms with Crippen LogP contribution in [0.5, 0.6) is 5.75 Å². The molecule has 0 unspecified atom stereocenters. The number of hydrogen-bond acceptors (Lipinski definition) is 6. The lowest BCUT2D eigenvalue weighted by molar-refractivity contribution is 0.0996. The zero-order valence-corrected chi connectivity index (χ0v) is 14.3. The van der Waals surface area contributed by atoms with Crippen molar-refractivity contribution in [2.45, 2.75) is 13.5 Å². The number of ether oxygens (including phenoxy) is 1. The molecule has 1 aromatic carbocycles. The zero-order valence-electron chi connectivity index (χ0n) is 14.3. The van der Waals surface area contributed by atoms with Crippen LogP contribution in [0, 0.1) is 6.92 Å². The maximum Gasteiger partial charge on any atom is 0.291 e. The Kier molecular flexibility index (Phi) is 4.21. The highest BCUT2D eigenvalue weighted by Crippen LogP contribution is 2.18. The monoisotopic (exact) mass is 365 g/mol. The van der Waals surface area contributed by atoms with E-state index in [0.717, 1.165) is 4.57 Å². The molecule has 0 aliphatic carbocycles. The summed E-state index contributed by atoms with van der Waals surface area (Å²) in [7, 11) is 0. The SMILES string of the molecule is Cc1cc2nc(COc3ccc(NC(=O)c4ccco4)cc3)cc(=O)n2o1. The Labute approximate surface area is 153 Å². The maximum atomic E-state index is 12.0. The van der Waals surface area contributed by atoms with Gasteiger partial charge in [0.15, 0.2) is 11.4 Å². The molecule has 0 radical (unpaired) electrons. The molecule has 3 aromatic heterocycles. The lowest BCUT2D eigenvalue weighted by atomic mass is 10.3. The number of hydrogen-bond donors (Lipinski definition) is 1. The number of anilines is 1. The molecule has 4 rings (SSSR count). The van der Waals surface area contributed by atoms with Gasteiger partial charge in [0.05, 0.1) is 12.0 Å². The van der Waals surface area contributed by atoms with E-state index in [1.807, 2.05) is 0 Å². The zero-order chi connectivity index (χ0) is 18.8. The number of fused-ring (bicyclic) bond motifs is 1. The molecule has 3 heterocycles. The van der Waals surface area contributed by atoms with Crippen LogP contribution in [0.2, 0.25) is 0 Å². The fraction of sp³-hybridized carbons (Fsp3) is 0.105. The van der Waals surface area contributed by atoms with Crippen LogP contribution in [0.4, 0.5) is 5.69 Å². The molecule has 136 valence electrons. The first-order valence-corrected chi connectivity index (χ1v) is 8.16. The lowest BCUT2D eigenvalue weighted by Crippen LogP contribution is -2.14. The van der Waals surface area contributed by atoms with Crippen molar-refractivity contribution in [3.8, 4) is 5.75 Å². The number of aryl methyl sites for hydroxylation is 1. The van der Waals surface area contributed by atoms with E-state index in [2.05, 4.69) is 10.3 Å². The van der Waals surface area contributed by atoms with Crippen molar-refractivity contribution in [2.75, 3.05) is 5.32 Å². The smallest absolute Gasteiger partial charge is 0.291 e. The second-order valence-electron chi connectivity index (χ2n) is 5.83. The van der Waals surface area contributed by atoms with Gasteiger partial charge in [0, 0.05) is 17.8 Å². The number of rotatable bonds is 5. The van der Waals surface area contributed by atoms with Crippen molar-refractivity contribution in [2.24, 2.45) is 0 Å². The predicted molar refractivity (Wildman–Crippen MR) is 95.9 cm³/mol. The molecule has 8 nitrogen and oxygen atoms in total. The number of nitrogens with zero attached hydrogens (tertiary/aromatic N) is 2. The Hall–Kier alpha value is -3.81. The summed E-state index contributed by atoms with van der Waals surface area (Å²) in [4.78, 5) is 28.3. The molecule has 4 aromatic rings. The first-order valence-electron chi connectivity index (χ1n) is 8.16. The van der Waals surface area contributed by atoms with Crippen molar-refractivity contribution in [1.82, 2.24) is 9.56 Å². The Morgan fingerprint density at radius 2 is 2.04 bits per heavy atom. The van der Waals surface area contributed by atoms with Crippen molar-refractivity contribution < 1.29 is 18.5 Å². The van der Waals surface area contributed by atoms with Crippen LogP contribution in [0.1, 0.15) is 22.0 Å². The molecule has 0 atom stereocenters. The summed E-state index contributed by atoms with van der Waals surface area (Å²) in [6.45, 7) is 1.88. The van der Waals surface area contributed by atoms with E-state index in [4.69, 9.17) is 13.7 Å². The molecule has 0 saturated heterocycles. The Morgan fingerprint density at radius 3 is 2.78 bits per heavy atom. The summed E-state index contributed by atoms with van der Waals surface area (Å²) in [6, 6.07) is 13.1. The average Bonchev–Trinajstić information content (AvgIpc) is 3.30. The Bertz CT molecular complexity index is 1140. The standard InChI is InChI=1S/C19H15N3O5/c1-12-9-17-20-14(10-18(23)22(17)27-12)11-26-15-6-4-13(5-7-15)21-19(24)16-3-2-8-25-16/h2-10H,11H2,1H3,(H,21,24). The predicted octanol–water partition coefficient (Wildman–Crippen LogP) is 3.02. The van der Waals surface area contributed by atoms with Crippen LogP contribution >= 0.6 is 0 Å². The largest absolute Gasteiger partial charge is 0.487 e. The topological polar surface area (TPSA) is 99.0 Å². The van der Waals surface area contributed by atoms with E-state index < -0.39 is 0 Å². The molecule has 0 bridgehead atoms. The number of carbonyl (C=O) groups is 1. The highest BCUT2D eigenvalue weighted by Gasteiger charge is 2.09. The van der Waals surface area contributed by atoms with Gasteiger partial charge in [-0.15, -0.1) is 4.57 Å². The van der Waals surface area contributed by atoms with Gasteiger partial charge < -0.3 is 19.0 Å². The highest BCUT2D eigenvalue weighted by atomic mass is 16.5. The van der Waals surface area contributed by atoms with Crippen LogP contribution in [0.15, 0.2) is 68.5 Å². The first kappa shape index (κ1) is 16.6. The first-order chi connectivity index (χ1) is 13.1. The number of furan rings is 1. The Balaban J connectivity index is 1.41. The second-order valence-corrected chi connectivity index (χ2v) is 5.83. The van der Waals surface area contributed by atoms with E-state index >= 15 is 0 Å². The molecule has 0 saturated carbocycles.